The Morgan fingerprint density at radius 2 is 2.24 bits per heavy atom. The number of nitrogen functional groups attached to an aromatic ring is 1. The molecule has 0 atom stereocenters. The molecule has 0 aliphatic rings. The lowest BCUT2D eigenvalue weighted by atomic mass is 10.4. The number of hydrogen-bond donors (Lipinski definition) is 1. The molecular formula is C12H12BrN7S. The Kier molecular flexibility index (Phi) is 3.84. The van der Waals surface area contributed by atoms with Crippen LogP contribution in [0.2, 0.25) is 0 Å². The second-order valence-electron chi connectivity index (χ2n) is 4.35. The van der Waals surface area contributed by atoms with Gasteiger partial charge in [0.15, 0.2) is 0 Å². The standard InChI is InChI=1S/C12H12BrN7S/c1-19(5-9-4-8(13)6-21-9)11-16-10(14)17-12(18-11)20-3-2-15-7-20/h2-4,6-7H,5H2,1H3,(H2,14,16,17,18). The third kappa shape index (κ3) is 3.19. The lowest BCUT2D eigenvalue weighted by molar-refractivity contribution is 0.833. The molecule has 7 nitrogen and oxygen atoms in total. The molecule has 3 rings (SSSR count). The van der Waals surface area contributed by atoms with Crippen LogP contribution < -0.4 is 10.6 Å². The van der Waals surface area contributed by atoms with Crippen molar-refractivity contribution < 1.29 is 0 Å². The van der Waals surface area contributed by atoms with Crippen LogP contribution in [0.3, 0.4) is 0 Å². The smallest absolute Gasteiger partial charge is 0.241 e. The SMILES string of the molecule is CN(Cc1cc(Br)cs1)c1nc(N)nc(-n2ccnc2)n1. The summed E-state index contributed by atoms with van der Waals surface area (Å²) >= 11 is 5.12. The number of nitrogens with zero attached hydrogens (tertiary/aromatic N) is 6. The van der Waals surface area contributed by atoms with Gasteiger partial charge in [-0.2, -0.15) is 15.0 Å². The highest BCUT2D eigenvalue weighted by atomic mass is 79.9. The maximum absolute atomic E-state index is 5.77. The van der Waals surface area contributed by atoms with E-state index in [1.165, 1.54) is 4.88 Å². The highest BCUT2D eigenvalue weighted by Crippen LogP contribution is 2.22. The summed E-state index contributed by atoms with van der Waals surface area (Å²) in [5.41, 5.74) is 5.77. The first-order valence-corrected chi connectivity index (χ1v) is 7.73. The summed E-state index contributed by atoms with van der Waals surface area (Å²) in [4.78, 5) is 19.8. The summed E-state index contributed by atoms with van der Waals surface area (Å²) < 4.78 is 2.77. The zero-order valence-corrected chi connectivity index (χ0v) is 13.5. The molecule has 2 N–H and O–H groups in total. The van der Waals surface area contributed by atoms with Gasteiger partial charge in [-0.1, -0.05) is 0 Å². The molecule has 0 spiro atoms. The molecule has 21 heavy (non-hydrogen) atoms. The van der Waals surface area contributed by atoms with E-state index < -0.39 is 0 Å². The van der Waals surface area contributed by atoms with E-state index >= 15 is 0 Å². The molecule has 3 heterocycles. The van der Waals surface area contributed by atoms with Crippen molar-refractivity contribution in [3.05, 3.63) is 39.5 Å². The molecule has 0 amide bonds. The Balaban J connectivity index is 1.87. The zero-order chi connectivity index (χ0) is 14.8. The second kappa shape index (κ2) is 5.78. The van der Waals surface area contributed by atoms with Crippen LogP contribution in [0.25, 0.3) is 5.95 Å². The first-order chi connectivity index (χ1) is 10.1. The lowest BCUT2D eigenvalue weighted by Crippen LogP contribution is -2.20. The van der Waals surface area contributed by atoms with Gasteiger partial charge in [0.1, 0.15) is 6.33 Å². The van der Waals surface area contributed by atoms with Gasteiger partial charge in [0.25, 0.3) is 0 Å². The predicted octanol–water partition coefficient (Wildman–Crippen LogP) is 2.10. The molecule has 0 radical (unpaired) electrons. The van der Waals surface area contributed by atoms with Gasteiger partial charge in [-0.05, 0) is 22.0 Å². The van der Waals surface area contributed by atoms with Crippen molar-refractivity contribution in [2.24, 2.45) is 0 Å². The van der Waals surface area contributed by atoms with Crippen LogP contribution in [0.1, 0.15) is 4.88 Å². The zero-order valence-electron chi connectivity index (χ0n) is 11.1. The number of imidazole rings is 1. The lowest BCUT2D eigenvalue weighted by Gasteiger charge is -2.16. The van der Waals surface area contributed by atoms with E-state index in [0.29, 0.717) is 18.4 Å². The largest absolute Gasteiger partial charge is 0.368 e. The number of rotatable bonds is 4. The molecule has 0 aliphatic heterocycles. The van der Waals surface area contributed by atoms with Crippen LogP contribution in [-0.4, -0.2) is 31.6 Å². The fraction of sp³-hybridized carbons (Fsp3) is 0.167. The maximum Gasteiger partial charge on any atom is 0.241 e. The average molecular weight is 366 g/mol. The summed E-state index contributed by atoms with van der Waals surface area (Å²) in [7, 11) is 1.92. The Morgan fingerprint density at radius 3 is 2.90 bits per heavy atom. The first kappa shape index (κ1) is 14.0. The second-order valence-corrected chi connectivity index (χ2v) is 6.26. The van der Waals surface area contributed by atoms with E-state index in [0.717, 1.165) is 4.47 Å². The average Bonchev–Trinajstić information content (AvgIpc) is 3.10. The van der Waals surface area contributed by atoms with Crippen molar-refractivity contribution in [1.29, 1.82) is 0 Å². The van der Waals surface area contributed by atoms with Gasteiger partial charge in [0.2, 0.25) is 17.8 Å². The van der Waals surface area contributed by atoms with E-state index in [1.54, 1.807) is 34.6 Å². The van der Waals surface area contributed by atoms with E-state index in [-0.39, 0.29) is 5.95 Å². The normalized spacial score (nSPS) is 10.8. The number of hydrogen-bond acceptors (Lipinski definition) is 7. The molecule has 3 aromatic rings. The first-order valence-electron chi connectivity index (χ1n) is 6.06. The van der Waals surface area contributed by atoms with Crippen LogP contribution >= 0.6 is 27.3 Å². The van der Waals surface area contributed by atoms with Crippen molar-refractivity contribution >= 4 is 39.2 Å². The third-order valence-electron chi connectivity index (χ3n) is 2.72. The van der Waals surface area contributed by atoms with Crippen molar-refractivity contribution in [1.82, 2.24) is 24.5 Å². The molecule has 0 fully saturated rings. The molecule has 0 aliphatic carbocycles. The highest BCUT2D eigenvalue weighted by Gasteiger charge is 2.11. The maximum atomic E-state index is 5.77. The summed E-state index contributed by atoms with van der Waals surface area (Å²) in [6, 6.07) is 2.07. The number of halogens is 1. The van der Waals surface area contributed by atoms with Gasteiger partial charge in [-0.25, -0.2) is 4.98 Å². The van der Waals surface area contributed by atoms with E-state index in [4.69, 9.17) is 5.73 Å². The fourth-order valence-electron chi connectivity index (χ4n) is 1.77. The third-order valence-corrected chi connectivity index (χ3v) is 4.40. The summed E-state index contributed by atoms with van der Waals surface area (Å²) in [5.74, 6) is 1.16. The van der Waals surface area contributed by atoms with Crippen LogP contribution in [0, 0.1) is 0 Å². The van der Waals surface area contributed by atoms with Crippen molar-refractivity contribution in [3.8, 4) is 5.95 Å². The Hall–Kier alpha value is -2.00. The molecule has 108 valence electrons. The summed E-state index contributed by atoms with van der Waals surface area (Å²) in [6.07, 6.45) is 5.04. The predicted molar refractivity (Wildman–Crippen MR) is 85.5 cm³/mol. The molecule has 0 unspecified atom stereocenters. The summed E-state index contributed by atoms with van der Waals surface area (Å²) in [6.45, 7) is 0.698. The van der Waals surface area contributed by atoms with Crippen LogP contribution in [0.4, 0.5) is 11.9 Å². The molecule has 0 bridgehead atoms. The number of aromatic nitrogens is 5. The minimum atomic E-state index is 0.183. The molecule has 0 aromatic carbocycles. The van der Waals surface area contributed by atoms with Gasteiger partial charge in [-0.3, -0.25) is 4.57 Å². The molecule has 3 aromatic heterocycles. The van der Waals surface area contributed by atoms with Crippen LogP contribution in [-0.2, 0) is 6.54 Å². The molecule has 9 heteroatoms. The van der Waals surface area contributed by atoms with E-state index in [9.17, 15) is 0 Å². The van der Waals surface area contributed by atoms with E-state index in [2.05, 4.69) is 41.9 Å². The Bertz CT molecular complexity index is 740. The quantitative estimate of drug-likeness (QED) is 0.761. The van der Waals surface area contributed by atoms with Crippen molar-refractivity contribution in [3.63, 3.8) is 0 Å². The highest BCUT2D eigenvalue weighted by molar-refractivity contribution is 9.10. The molecule has 0 saturated carbocycles. The van der Waals surface area contributed by atoms with Crippen molar-refractivity contribution in [2.75, 3.05) is 17.7 Å². The number of anilines is 2. The minimum Gasteiger partial charge on any atom is -0.368 e. The van der Waals surface area contributed by atoms with Gasteiger partial charge in [0, 0.05) is 34.2 Å². The van der Waals surface area contributed by atoms with Gasteiger partial charge in [-0.15, -0.1) is 11.3 Å². The van der Waals surface area contributed by atoms with Crippen LogP contribution in [0.15, 0.2) is 34.6 Å². The van der Waals surface area contributed by atoms with E-state index in [1.807, 2.05) is 17.3 Å². The van der Waals surface area contributed by atoms with Gasteiger partial charge >= 0.3 is 0 Å². The van der Waals surface area contributed by atoms with Crippen molar-refractivity contribution in [2.45, 2.75) is 6.54 Å². The van der Waals surface area contributed by atoms with Gasteiger partial charge < -0.3 is 10.6 Å². The number of thiophene rings is 1. The fourth-order valence-corrected chi connectivity index (χ4v) is 3.28. The molecular weight excluding hydrogens is 354 g/mol. The van der Waals surface area contributed by atoms with Crippen LogP contribution in [0.5, 0.6) is 0 Å². The number of nitrogens with two attached hydrogens (primary N) is 1. The Morgan fingerprint density at radius 1 is 1.38 bits per heavy atom. The minimum absolute atomic E-state index is 0.183. The summed E-state index contributed by atoms with van der Waals surface area (Å²) in [5, 5.41) is 2.04. The topological polar surface area (TPSA) is 85.8 Å². The Labute approximate surface area is 133 Å². The molecule has 0 saturated heterocycles. The van der Waals surface area contributed by atoms with Gasteiger partial charge in [0.05, 0.1) is 6.54 Å². The monoisotopic (exact) mass is 365 g/mol.